The van der Waals surface area contributed by atoms with Crippen LogP contribution in [0.25, 0.3) is 0 Å². The van der Waals surface area contributed by atoms with E-state index in [2.05, 4.69) is 6.92 Å². The third-order valence-electron chi connectivity index (χ3n) is 2.64. The number of hydrogen-bond acceptors (Lipinski definition) is 4. The van der Waals surface area contributed by atoms with Gasteiger partial charge in [-0.3, -0.25) is 0 Å². The zero-order valence-corrected chi connectivity index (χ0v) is 12.6. The zero-order chi connectivity index (χ0) is 13.8. The first-order valence-corrected chi connectivity index (χ1v) is 7.21. The van der Waals surface area contributed by atoms with Crippen molar-refractivity contribution in [3.8, 4) is 0 Å². The van der Waals surface area contributed by atoms with Crippen molar-refractivity contribution < 1.29 is 18.9 Å². The van der Waals surface area contributed by atoms with Crippen LogP contribution in [0.15, 0.2) is 0 Å². The minimum absolute atomic E-state index is 0.120. The van der Waals surface area contributed by atoms with Gasteiger partial charge in [-0.15, -0.1) is 0 Å². The van der Waals surface area contributed by atoms with E-state index in [9.17, 15) is 0 Å². The van der Waals surface area contributed by atoms with Gasteiger partial charge in [0.2, 0.25) is 0 Å². The van der Waals surface area contributed by atoms with E-state index < -0.39 is 0 Å². The van der Waals surface area contributed by atoms with E-state index in [1.165, 1.54) is 0 Å². The van der Waals surface area contributed by atoms with Crippen LogP contribution in [-0.4, -0.2) is 39.0 Å². The van der Waals surface area contributed by atoms with Crippen LogP contribution in [0.4, 0.5) is 0 Å². The van der Waals surface area contributed by atoms with E-state index in [1.54, 1.807) is 0 Å². The van der Waals surface area contributed by atoms with E-state index in [0.717, 1.165) is 12.8 Å². The highest BCUT2D eigenvalue weighted by Gasteiger charge is 2.31. The molecule has 0 N–H and O–H groups in total. The molecule has 0 amide bonds. The van der Waals surface area contributed by atoms with Crippen LogP contribution in [0.1, 0.15) is 47.5 Å². The summed E-state index contributed by atoms with van der Waals surface area (Å²) in [5.74, 6) is 0.120. The summed E-state index contributed by atoms with van der Waals surface area (Å²) in [5, 5.41) is 0. The zero-order valence-electron chi connectivity index (χ0n) is 12.6. The van der Waals surface area contributed by atoms with Crippen LogP contribution in [0.2, 0.25) is 0 Å². The van der Waals surface area contributed by atoms with Gasteiger partial charge in [0.05, 0.1) is 5.92 Å². The Labute approximate surface area is 112 Å². The maximum Gasteiger partial charge on any atom is 0.165 e. The van der Waals surface area contributed by atoms with Crippen molar-refractivity contribution in [3.05, 3.63) is 0 Å². The predicted molar refractivity (Wildman–Crippen MR) is 72.5 cm³/mol. The van der Waals surface area contributed by atoms with Crippen LogP contribution < -0.4 is 0 Å². The largest absolute Gasteiger partial charge is 0.352 e. The lowest BCUT2D eigenvalue weighted by Crippen LogP contribution is -2.39. The Morgan fingerprint density at radius 1 is 0.611 bits per heavy atom. The van der Waals surface area contributed by atoms with Crippen LogP contribution in [0.5, 0.6) is 0 Å². The minimum atomic E-state index is -0.247. The molecule has 0 aromatic rings. The molecule has 4 heteroatoms. The quantitative estimate of drug-likeness (QED) is 0.506. The minimum Gasteiger partial charge on any atom is -0.352 e. The molecule has 0 saturated heterocycles. The van der Waals surface area contributed by atoms with Crippen molar-refractivity contribution in [1.82, 2.24) is 0 Å². The third kappa shape index (κ3) is 6.69. The highest BCUT2D eigenvalue weighted by Crippen LogP contribution is 2.23. The second-order valence-electron chi connectivity index (χ2n) is 4.01. The molecule has 0 aromatic carbocycles. The molecule has 4 nitrogen and oxygen atoms in total. The highest BCUT2D eigenvalue weighted by atomic mass is 16.7. The number of ether oxygens (including phenoxy) is 4. The highest BCUT2D eigenvalue weighted by molar-refractivity contribution is 4.68. The normalized spacial score (nSPS) is 12.0. The molecule has 0 rings (SSSR count). The van der Waals surface area contributed by atoms with E-state index in [4.69, 9.17) is 18.9 Å². The molecule has 0 aliphatic carbocycles. The van der Waals surface area contributed by atoms with Crippen molar-refractivity contribution in [1.29, 1.82) is 0 Å². The van der Waals surface area contributed by atoms with E-state index >= 15 is 0 Å². The lowest BCUT2D eigenvalue weighted by atomic mass is 10.0. The Bertz CT molecular complexity index is 147. The topological polar surface area (TPSA) is 36.9 Å². The molecule has 0 aromatic heterocycles. The summed E-state index contributed by atoms with van der Waals surface area (Å²) in [6.45, 7) is 12.6. The monoisotopic (exact) mass is 262 g/mol. The second-order valence-corrected chi connectivity index (χ2v) is 4.01. The predicted octanol–water partition coefficient (Wildman–Crippen LogP) is 3.20. The first-order chi connectivity index (χ1) is 8.74. The first kappa shape index (κ1) is 17.8. The maximum atomic E-state index is 5.69. The van der Waals surface area contributed by atoms with E-state index in [0.29, 0.717) is 26.4 Å². The molecule has 110 valence electrons. The first-order valence-electron chi connectivity index (χ1n) is 7.21. The average Bonchev–Trinajstić information content (AvgIpc) is 2.36. The third-order valence-corrected chi connectivity index (χ3v) is 2.64. The van der Waals surface area contributed by atoms with Crippen molar-refractivity contribution >= 4 is 0 Å². The average molecular weight is 262 g/mol. The van der Waals surface area contributed by atoms with Crippen molar-refractivity contribution in [2.75, 3.05) is 26.4 Å². The Morgan fingerprint density at radius 3 is 1.17 bits per heavy atom. The fourth-order valence-corrected chi connectivity index (χ4v) is 1.98. The molecule has 0 unspecified atom stereocenters. The molecular weight excluding hydrogens is 232 g/mol. The molecule has 0 bridgehead atoms. The summed E-state index contributed by atoms with van der Waals surface area (Å²) < 4.78 is 22.8. The SMILES string of the molecule is CCCC(C(OCC)OCC)C(OCC)OCC. The van der Waals surface area contributed by atoms with Gasteiger partial charge in [-0.2, -0.15) is 0 Å². The Hall–Kier alpha value is -0.160. The van der Waals surface area contributed by atoms with Crippen molar-refractivity contribution in [2.24, 2.45) is 5.92 Å². The fourth-order valence-electron chi connectivity index (χ4n) is 1.98. The van der Waals surface area contributed by atoms with Gasteiger partial charge in [-0.1, -0.05) is 13.3 Å². The van der Waals surface area contributed by atoms with Crippen molar-refractivity contribution in [3.63, 3.8) is 0 Å². The summed E-state index contributed by atoms with van der Waals surface area (Å²) in [6.07, 6.45) is 1.53. The molecular formula is C14H30O4. The summed E-state index contributed by atoms with van der Waals surface area (Å²) in [4.78, 5) is 0. The maximum absolute atomic E-state index is 5.69. The molecule has 18 heavy (non-hydrogen) atoms. The van der Waals surface area contributed by atoms with Gasteiger partial charge in [-0.05, 0) is 34.1 Å². The molecule has 0 aliphatic rings. The molecule has 0 radical (unpaired) electrons. The summed E-state index contributed by atoms with van der Waals surface area (Å²) in [5.41, 5.74) is 0. The smallest absolute Gasteiger partial charge is 0.165 e. The van der Waals surface area contributed by atoms with Crippen LogP contribution in [0.3, 0.4) is 0 Å². The standard InChI is InChI=1S/C14H30O4/c1-6-11-12(13(15-7-2)16-8-3)14(17-9-4)18-10-5/h12-14H,6-11H2,1-5H3. The Kier molecular flexibility index (Phi) is 11.8. The van der Waals surface area contributed by atoms with Gasteiger partial charge in [0.15, 0.2) is 12.6 Å². The van der Waals surface area contributed by atoms with Gasteiger partial charge in [0, 0.05) is 26.4 Å². The molecule has 0 atom stereocenters. The van der Waals surface area contributed by atoms with E-state index in [-0.39, 0.29) is 18.5 Å². The second kappa shape index (κ2) is 11.9. The van der Waals surface area contributed by atoms with Crippen LogP contribution in [-0.2, 0) is 18.9 Å². The fraction of sp³-hybridized carbons (Fsp3) is 1.00. The Morgan fingerprint density at radius 2 is 0.944 bits per heavy atom. The van der Waals surface area contributed by atoms with Crippen LogP contribution >= 0.6 is 0 Å². The molecule has 0 spiro atoms. The van der Waals surface area contributed by atoms with Gasteiger partial charge in [0.1, 0.15) is 0 Å². The molecule has 0 saturated carbocycles. The lowest BCUT2D eigenvalue weighted by Gasteiger charge is -2.32. The van der Waals surface area contributed by atoms with Crippen molar-refractivity contribution in [2.45, 2.75) is 60.0 Å². The van der Waals surface area contributed by atoms with Gasteiger partial charge in [-0.25, -0.2) is 0 Å². The Balaban J connectivity index is 4.69. The van der Waals surface area contributed by atoms with Gasteiger partial charge < -0.3 is 18.9 Å². The van der Waals surface area contributed by atoms with E-state index in [1.807, 2.05) is 27.7 Å². The number of rotatable bonds is 12. The van der Waals surface area contributed by atoms with Gasteiger partial charge in [0.25, 0.3) is 0 Å². The summed E-state index contributed by atoms with van der Waals surface area (Å²) in [6, 6.07) is 0. The molecule has 0 heterocycles. The molecule has 0 fully saturated rings. The lowest BCUT2D eigenvalue weighted by molar-refractivity contribution is -0.248. The van der Waals surface area contributed by atoms with Gasteiger partial charge >= 0.3 is 0 Å². The summed E-state index contributed by atoms with van der Waals surface area (Å²) >= 11 is 0. The van der Waals surface area contributed by atoms with Crippen LogP contribution in [0, 0.1) is 5.92 Å². The molecule has 0 aliphatic heterocycles. The summed E-state index contributed by atoms with van der Waals surface area (Å²) in [7, 11) is 0. The number of hydrogen-bond donors (Lipinski definition) is 0.